The standard InChI is InChI=1S/2C8H16FNO.C7H14FNO2/c1-6(11)4-7(10)5-8(2,3)9;1-6(11)7(10)4-5-8(2,3)9;1-7(2,8)4-3-5(9)6(10)11/h2*7H,4-5,10H2,1-3H3;5H,3-4,9H2,1-2H3,(H,10,11)/t2*7-;5-/m110/s1/i2*9-1;8-1. The van der Waals surface area contributed by atoms with Gasteiger partial charge in [0.05, 0.1) is 6.04 Å². The Hall–Kier alpha value is -1.52. The van der Waals surface area contributed by atoms with Gasteiger partial charge in [-0.1, -0.05) is 0 Å². The Balaban J connectivity index is -0.000000409. The van der Waals surface area contributed by atoms with E-state index in [9.17, 15) is 27.6 Å². The van der Waals surface area contributed by atoms with E-state index in [1.165, 1.54) is 55.4 Å². The van der Waals surface area contributed by atoms with Crippen molar-refractivity contribution in [3.8, 4) is 0 Å². The van der Waals surface area contributed by atoms with Crippen molar-refractivity contribution in [1.82, 2.24) is 0 Å². The van der Waals surface area contributed by atoms with Gasteiger partial charge < -0.3 is 22.3 Å². The molecule has 0 aromatic carbocycles. The first-order chi connectivity index (χ1) is 14.5. The smallest absolute Gasteiger partial charge is 0.320 e. The third-order valence-electron chi connectivity index (χ3n) is 4.24. The van der Waals surface area contributed by atoms with Gasteiger partial charge in [0.15, 0.2) is 0 Å². The molecule has 0 bridgehead atoms. The number of alkyl halides is 3. The van der Waals surface area contributed by atoms with Gasteiger partial charge >= 0.3 is 5.97 Å². The van der Waals surface area contributed by atoms with Crippen molar-refractivity contribution in [2.45, 2.75) is 129 Å². The normalized spacial score (nSPS) is 14.6. The number of carbonyl (C=O) groups is 3. The molecule has 0 unspecified atom stereocenters. The number of carbonyl (C=O) groups excluding carboxylic acids is 2. The Morgan fingerprint density at radius 2 is 1.12 bits per heavy atom. The summed E-state index contributed by atoms with van der Waals surface area (Å²) in [4.78, 5) is 31.3. The zero-order chi connectivity index (χ0) is 27.2. The molecule has 0 saturated carbocycles. The monoisotopic (exact) mass is 482 g/mol. The maximum atomic E-state index is 12.9. The SMILES string of the molecule is CC(=O)C[C@@H](N)CC(C)(C)[18F].CC(=O)[C@H](N)CCC(C)(C)[18F].CC(C)([18F])CC[C@H](N)C(=O)O. The molecule has 0 heterocycles. The van der Waals surface area contributed by atoms with E-state index in [-0.39, 0.29) is 43.3 Å². The van der Waals surface area contributed by atoms with E-state index in [4.69, 9.17) is 22.3 Å². The molecule has 0 radical (unpaired) electrons. The number of rotatable bonds is 12. The highest BCUT2D eigenvalue weighted by Crippen LogP contribution is 2.18. The van der Waals surface area contributed by atoms with Crippen LogP contribution in [0.5, 0.6) is 0 Å². The van der Waals surface area contributed by atoms with Gasteiger partial charge in [-0.3, -0.25) is 14.4 Å². The van der Waals surface area contributed by atoms with E-state index in [0.717, 1.165) is 0 Å². The first kappa shape index (κ1) is 36.1. The lowest BCUT2D eigenvalue weighted by molar-refractivity contribution is -0.138. The molecule has 0 aromatic rings. The molecule has 0 saturated heterocycles. The van der Waals surface area contributed by atoms with Crippen molar-refractivity contribution >= 4 is 17.5 Å². The third kappa shape index (κ3) is 32.7. The molecule has 0 aliphatic carbocycles. The van der Waals surface area contributed by atoms with Gasteiger partial charge in [-0.15, -0.1) is 0 Å². The average Bonchev–Trinajstić information content (AvgIpc) is 2.54. The van der Waals surface area contributed by atoms with E-state index in [2.05, 4.69) is 0 Å². The fourth-order valence-corrected chi connectivity index (χ4v) is 2.39. The number of carboxylic acid groups (broad SMARTS) is 1. The molecular weight excluding hydrogens is 436 g/mol. The van der Waals surface area contributed by atoms with Crippen molar-refractivity contribution in [2.24, 2.45) is 17.2 Å². The Morgan fingerprint density at radius 3 is 1.36 bits per heavy atom. The summed E-state index contributed by atoms with van der Waals surface area (Å²) in [6.07, 6.45) is 1.64. The molecule has 0 amide bonds. The summed E-state index contributed by atoms with van der Waals surface area (Å²) in [6, 6.07) is -1.78. The van der Waals surface area contributed by atoms with Crippen LogP contribution in [0.2, 0.25) is 0 Å². The first-order valence-corrected chi connectivity index (χ1v) is 11.0. The van der Waals surface area contributed by atoms with Crippen molar-refractivity contribution in [2.75, 3.05) is 0 Å². The van der Waals surface area contributed by atoms with E-state index in [0.29, 0.717) is 12.8 Å². The summed E-state index contributed by atoms with van der Waals surface area (Å²) in [6.45, 7) is 11.6. The molecule has 198 valence electrons. The molecule has 0 aliphatic heterocycles. The Morgan fingerprint density at radius 1 is 0.758 bits per heavy atom. The zero-order valence-corrected chi connectivity index (χ0v) is 21.5. The van der Waals surface area contributed by atoms with Crippen LogP contribution in [0.4, 0.5) is 13.2 Å². The summed E-state index contributed by atoms with van der Waals surface area (Å²) >= 11 is 0. The molecule has 0 spiro atoms. The maximum Gasteiger partial charge on any atom is 0.320 e. The van der Waals surface area contributed by atoms with Gasteiger partial charge in [-0.2, -0.15) is 0 Å². The zero-order valence-electron chi connectivity index (χ0n) is 21.5. The first-order valence-electron chi connectivity index (χ1n) is 11.0. The Kier molecular flexibility index (Phi) is 17.7. The number of hydrogen-bond donors (Lipinski definition) is 4. The predicted molar refractivity (Wildman–Crippen MR) is 126 cm³/mol. The molecule has 10 heteroatoms. The van der Waals surface area contributed by atoms with E-state index in [1.807, 2.05) is 0 Å². The Labute approximate surface area is 197 Å². The lowest BCUT2D eigenvalue weighted by Gasteiger charge is -2.18. The Bertz CT molecular complexity index is 549. The molecule has 7 nitrogen and oxygen atoms in total. The minimum Gasteiger partial charge on any atom is -0.480 e. The second-order valence-corrected chi connectivity index (χ2v) is 10.3. The summed E-state index contributed by atoms with van der Waals surface area (Å²) in [5.41, 5.74) is 12.3. The van der Waals surface area contributed by atoms with Gasteiger partial charge in [0.25, 0.3) is 0 Å². The number of hydrogen-bond acceptors (Lipinski definition) is 6. The van der Waals surface area contributed by atoms with Crippen LogP contribution in [0.3, 0.4) is 0 Å². The number of Topliss-reactive ketones (excluding diaryl/α,β-unsaturated/α-hetero) is 2. The van der Waals surface area contributed by atoms with Gasteiger partial charge in [0, 0.05) is 12.5 Å². The summed E-state index contributed by atoms with van der Waals surface area (Å²) < 4.78 is 38.5. The van der Waals surface area contributed by atoms with E-state index in [1.54, 1.807) is 0 Å². The largest absolute Gasteiger partial charge is 0.480 e. The van der Waals surface area contributed by atoms with Gasteiger partial charge in [-0.25, -0.2) is 13.2 Å². The van der Waals surface area contributed by atoms with E-state index < -0.39 is 35.1 Å². The van der Waals surface area contributed by atoms with Crippen molar-refractivity contribution in [3.63, 3.8) is 0 Å². The van der Waals surface area contributed by atoms with Crippen LogP contribution in [0.25, 0.3) is 0 Å². The van der Waals surface area contributed by atoms with Crippen LogP contribution in [0, 0.1) is 0 Å². The molecule has 3 atom stereocenters. The maximum absolute atomic E-state index is 12.9. The second kappa shape index (κ2) is 16.2. The average molecular weight is 483 g/mol. The van der Waals surface area contributed by atoms with Crippen LogP contribution in [0.15, 0.2) is 0 Å². The van der Waals surface area contributed by atoms with E-state index >= 15 is 0 Å². The fourth-order valence-electron chi connectivity index (χ4n) is 2.39. The number of aliphatic carboxylic acids is 1. The molecule has 7 N–H and O–H groups in total. The number of halogens is 3. The lowest BCUT2D eigenvalue weighted by atomic mass is 9.98. The van der Waals surface area contributed by atoms with Crippen molar-refractivity contribution in [1.29, 1.82) is 0 Å². The number of carboxylic acids is 1. The van der Waals surface area contributed by atoms with Crippen LogP contribution < -0.4 is 17.2 Å². The summed E-state index contributed by atoms with van der Waals surface area (Å²) in [5.74, 6) is -1.13. The topological polar surface area (TPSA) is 150 Å². The third-order valence-corrected chi connectivity index (χ3v) is 4.24. The molecule has 33 heavy (non-hydrogen) atoms. The van der Waals surface area contributed by atoms with Crippen molar-refractivity contribution in [3.05, 3.63) is 0 Å². The number of ketones is 2. The molecule has 0 fully saturated rings. The highest BCUT2D eigenvalue weighted by molar-refractivity contribution is 5.81. The predicted octanol–water partition coefficient (Wildman–Crippen LogP) is 3.79. The number of nitrogens with two attached hydrogens (primary N) is 3. The van der Waals surface area contributed by atoms with Gasteiger partial charge in [-0.05, 0) is 87.5 Å². The van der Waals surface area contributed by atoms with Crippen LogP contribution >= 0.6 is 0 Å². The molecule has 0 aliphatic rings. The van der Waals surface area contributed by atoms with Crippen LogP contribution in [0.1, 0.15) is 93.9 Å². The fraction of sp³-hybridized carbons (Fsp3) is 0.870. The van der Waals surface area contributed by atoms with Crippen LogP contribution in [-0.2, 0) is 14.4 Å². The minimum atomic E-state index is -1.33. The summed E-state index contributed by atoms with van der Waals surface area (Å²) in [7, 11) is 0. The highest BCUT2D eigenvalue weighted by atomic mass is 18.2. The van der Waals surface area contributed by atoms with Crippen molar-refractivity contribution < 1.29 is 32.7 Å². The minimum absolute atomic E-state index is 0.0155. The lowest BCUT2D eigenvalue weighted by Crippen LogP contribution is -2.31. The van der Waals surface area contributed by atoms with Gasteiger partial charge in [0.2, 0.25) is 0 Å². The molecular formula is C23H46F3N3O4. The second-order valence-electron chi connectivity index (χ2n) is 10.3. The molecule has 0 rings (SSSR count). The highest BCUT2D eigenvalue weighted by Gasteiger charge is 2.21. The quantitative estimate of drug-likeness (QED) is 0.330. The van der Waals surface area contributed by atoms with Crippen LogP contribution in [-0.4, -0.2) is 57.8 Å². The van der Waals surface area contributed by atoms with Gasteiger partial charge in [0.1, 0.15) is 34.6 Å². The summed E-state index contributed by atoms with van der Waals surface area (Å²) in [5, 5.41) is 8.33. The molecule has 0 aromatic heterocycles.